The highest BCUT2D eigenvalue weighted by Crippen LogP contribution is 2.22. The standard InChI is InChI=1S/C31H43N3O12S5/c1-26-6-12-29(13-7-26)49(41,42)32(18-4-24-47(35,36)37)20-22-34(51(45,46)31-16-10-28(3)11-17-31)23-21-33(19-5-25-48(38,39)40)50(43,44)30-14-8-27(2)9-15-30/h6-17H,4-5,18-25H2,1-3H3,(H,35,36,37)(H,38,39,40). The van der Waals surface area contributed by atoms with Gasteiger partial charge < -0.3 is 0 Å². The number of aryl methyl sites for hydroxylation is 3. The van der Waals surface area contributed by atoms with E-state index < -0.39 is 101 Å². The first-order chi connectivity index (χ1) is 23.5. The third kappa shape index (κ3) is 12.7. The Balaban J connectivity index is 2.02. The molecule has 284 valence electrons. The molecule has 2 N–H and O–H groups in total. The van der Waals surface area contributed by atoms with E-state index >= 15 is 0 Å². The Morgan fingerprint density at radius 3 is 0.824 bits per heavy atom. The minimum Gasteiger partial charge on any atom is -0.286 e. The van der Waals surface area contributed by atoms with Crippen molar-refractivity contribution < 1.29 is 51.2 Å². The quantitative estimate of drug-likeness (QED) is 0.157. The van der Waals surface area contributed by atoms with Gasteiger partial charge in [0.15, 0.2) is 0 Å². The highest BCUT2D eigenvalue weighted by Gasteiger charge is 2.32. The molecule has 3 aromatic carbocycles. The van der Waals surface area contributed by atoms with Crippen LogP contribution in [0, 0.1) is 20.8 Å². The average molecular weight is 810 g/mol. The van der Waals surface area contributed by atoms with Crippen molar-refractivity contribution in [2.45, 2.75) is 48.3 Å². The molecule has 0 spiro atoms. The van der Waals surface area contributed by atoms with Crippen LogP contribution in [0.4, 0.5) is 0 Å². The fraction of sp³-hybridized carbons (Fsp3) is 0.419. The van der Waals surface area contributed by atoms with E-state index in [0.29, 0.717) is 0 Å². The summed E-state index contributed by atoms with van der Waals surface area (Å²) in [7, 11) is -21.9. The fourth-order valence-corrected chi connectivity index (χ4v) is 10.3. The summed E-state index contributed by atoms with van der Waals surface area (Å²) >= 11 is 0. The van der Waals surface area contributed by atoms with Crippen molar-refractivity contribution in [3.63, 3.8) is 0 Å². The van der Waals surface area contributed by atoms with Crippen molar-refractivity contribution in [2.24, 2.45) is 0 Å². The van der Waals surface area contributed by atoms with Gasteiger partial charge in [-0.05, 0) is 70.0 Å². The first-order valence-electron chi connectivity index (χ1n) is 15.6. The molecule has 3 aromatic rings. The Hall–Kier alpha value is -2.79. The molecule has 15 nitrogen and oxygen atoms in total. The van der Waals surface area contributed by atoms with E-state index in [1.807, 2.05) is 0 Å². The Kier molecular flexibility index (Phi) is 14.5. The van der Waals surface area contributed by atoms with E-state index in [1.165, 1.54) is 36.4 Å². The van der Waals surface area contributed by atoms with Gasteiger partial charge in [-0.15, -0.1) is 0 Å². The molecule has 0 aromatic heterocycles. The summed E-state index contributed by atoms with van der Waals surface area (Å²) in [6.45, 7) is 2.46. The molecule has 0 unspecified atom stereocenters. The molecule has 20 heteroatoms. The maximum atomic E-state index is 14.0. The largest absolute Gasteiger partial charge is 0.286 e. The van der Waals surface area contributed by atoms with E-state index in [1.54, 1.807) is 57.2 Å². The average Bonchev–Trinajstić information content (AvgIpc) is 3.02. The van der Waals surface area contributed by atoms with Crippen LogP contribution >= 0.6 is 0 Å². The minimum atomic E-state index is -4.45. The second kappa shape index (κ2) is 17.4. The van der Waals surface area contributed by atoms with Crippen LogP contribution in [0.25, 0.3) is 0 Å². The zero-order valence-corrected chi connectivity index (χ0v) is 32.4. The first-order valence-corrected chi connectivity index (χ1v) is 23.2. The second-order valence-corrected chi connectivity index (χ2v) is 20.9. The Labute approximate surface area is 301 Å². The van der Waals surface area contributed by atoms with Crippen LogP contribution in [0.1, 0.15) is 29.5 Å². The Bertz CT molecular complexity index is 2050. The van der Waals surface area contributed by atoms with E-state index in [2.05, 4.69) is 0 Å². The molecule has 0 amide bonds. The number of nitrogens with zero attached hydrogens (tertiary/aromatic N) is 3. The summed E-state index contributed by atoms with van der Waals surface area (Å²) in [6.07, 6.45) is -0.629. The monoisotopic (exact) mass is 809 g/mol. The normalized spacial score (nSPS) is 13.3. The van der Waals surface area contributed by atoms with E-state index in [0.717, 1.165) is 29.6 Å². The van der Waals surface area contributed by atoms with Gasteiger partial charge in [0.05, 0.1) is 26.2 Å². The third-order valence-electron chi connectivity index (χ3n) is 7.79. The van der Waals surface area contributed by atoms with Crippen LogP contribution in [0.2, 0.25) is 0 Å². The number of rotatable bonds is 20. The van der Waals surface area contributed by atoms with Gasteiger partial charge in [-0.1, -0.05) is 53.1 Å². The Morgan fingerprint density at radius 1 is 0.392 bits per heavy atom. The fourth-order valence-electron chi connectivity index (χ4n) is 4.93. The molecule has 3 rings (SSSR count). The van der Waals surface area contributed by atoms with Crippen molar-refractivity contribution in [1.82, 2.24) is 12.9 Å². The number of hydrogen-bond donors (Lipinski definition) is 2. The third-order valence-corrected chi connectivity index (χ3v) is 15.1. The van der Waals surface area contributed by atoms with Crippen LogP contribution in [0.5, 0.6) is 0 Å². The van der Waals surface area contributed by atoms with E-state index in [-0.39, 0.29) is 27.5 Å². The number of sulfonamides is 3. The van der Waals surface area contributed by atoms with E-state index in [9.17, 15) is 51.2 Å². The molecular formula is C31H43N3O12S5. The SMILES string of the molecule is Cc1ccc(S(=O)(=O)N(CCCS(=O)(=O)O)CCN(CCN(CCCS(=O)(=O)O)S(=O)(=O)c2ccc(C)cc2)S(=O)(=O)c2ccc(C)cc2)cc1. The number of hydrogen-bond acceptors (Lipinski definition) is 10. The molecule has 0 saturated heterocycles. The van der Waals surface area contributed by atoms with Gasteiger partial charge >= 0.3 is 0 Å². The van der Waals surface area contributed by atoms with Gasteiger partial charge in [0.1, 0.15) is 0 Å². The summed E-state index contributed by atoms with van der Waals surface area (Å²) < 4.78 is 150. The summed E-state index contributed by atoms with van der Waals surface area (Å²) in [4.78, 5) is -0.434. The highest BCUT2D eigenvalue weighted by atomic mass is 32.2. The molecule has 0 heterocycles. The van der Waals surface area contributed by atoms with Crippen LogP contribution in [-0.4, -0.2) is 115 Å². The molecule has 51 heavy (non-hydrogen) atoms. The zero-order valence-electron chi connectivity index (χ0n) is 28.4. The van der Waals surface area contributed by atoms with Crippen LogP contribution in [0.15, 0.2) is 87.5 Å². The smallest absolute Gasteiger partial charge is 0.264 e. The first kappa shape index (κ1) is 42.6. The molecule has 0 atom stereocenters. The Morgan fingerprint density at radius 2 is 0.608 bits per heavy atom. The molecule has 0 aliphatic heterocycles. The minimum absolute atomic E-state index is 0.137. The topological polar surface area (TPSA) is 221 Å². The lowest BCUT2D eigenvalue weighted by molar-refractivity contribution is 0.315. The molecule has 0 bridgehead atoms. The van der Waals surface area contributed by atoms with Gasteiger partial charge in [-0.2, -0.15) is 29.8 Å². The van der Waals surface area contributed by atoms with Crippen molar-refractivity contribution in [2.75, 3.05) is 50.8 Å². The summed E-state index contributed by atoms with van der Waals surface area (Å²) in [6, 6.07) is 17.4. The predicted molar refractivity (Wildman–Crippen MR) is 192 cm³/mol. The molecule has 0 radical (unpaired) electrons. The van der Waals surface area contributed by atoms with Crippen molar-refractivity contribution in [3.05, 3.63) is 89.5 Å². The molecule has 0 aliphatic rings. The van der Waals surface area contributed by atoms with Crippen LogP contribution in [0.3, 0.4) is 0 Å². The van der Waals surface area contributed by atoms with Crippen molar-refractivity contribution >= 4 is 50.3 Å². The summed E-state index contributed by atoms with van der Waals surface area (Å²) in [5.41, 5.74) is 2.29. The van der Waals surface area contributed by atoms with Gasteiger partial charge in [0, 0.05) is 39.3 Å². The van der Waals surface area contributed by atoms with Crippen molar-refractivity contribution in [3.8, 4) is 0 Å². The molecule has 0 saturated carbocycles. The lowest BCUT2D eigenvalue weighted by Crippen LogP contribution is -2.45. The van der Waals surface area contributed by atoms with Gasteiger partial charge in [-0.3, -0.25) is 9.11 Å². The predicted octanol–water partition coefficient (Wildman–Crippen LogP) is 2.54. The zero-order chi connectivity index (χ0) is 38.3. The van der Waals surface area contributed by atoms with Gasteiger partial charge in [-0.25, -0.2) is 25.3 Å². The summed E-state index contributed by atoms with van der Waals surface area (Å²) in [5, 5.41) is 0. The van der Waals surface area contributed by atoms with Gasteiger partial charge in [0.2, 0.25) is 30.1 Å². The number of benzene rings is 3. The summed E-state index contributed by atoms with van der Waals surface area (Å²) in [5.74, 6) is -1.51. The second-order valence-electron chi connectivity index (χ2n) is 11.9. The van der Waals surface area contributed by atoms with Crippen LogP contribution < -0.4 is 0 Å². The highest BCUT2D eigenvalue weighted by molar-refractivity contribution is 7.90. The maximum absolute atomic E-state index is 14.0. The lowest BCUT2D eigenvalue weighted by Gasteiger charge is -2.29. The lowest BCUT2D eigenvalue weighted by atomic mass is 10.2. The van der Waals surface area contributed by atoms with E-state index in [4.69, 9.17) is 0 Å². The molecule has 0 fully saturated rings. The van der Waals surface area contributed by atoms with Crippen molar-refractivity contribution in [1.29, 1.82) is 0 Å². The molecule has 0 aliphatic carbocycles. The van der Waals surface area contributed by atoms with Gasteiger partial charge in [0.25, 0.3) is 20.2 Å². The van der Waals surface area contributed by atoms with Crippen LogP contribution in [-0.2, 0) is 50.3 Å². The molecular weight excluding hydrogens is 767 g/mol. The maximum Gasteiger partial charge on any atom is 0.264 e.